The van der Waals surface area contributed by atoms with Crippen molar-refractivity contribution in [1.29, 1.82) is 0 Å². The highest BCUT2D eigenvalue weighted by atomic mass is 35.5. The summed E-state index contributed by atoms with van der Waals surface area (Å²) < 4.78 is 5.42. The van der Waals surface area contributed by atoms with Gasteiger partial charge < -0.3 is 25.2 Å². The number of amides is 2. The lowest BCUT2D eigenvalue weighted by molar-refractivity contribution is 0.122. The second-order valence-electron chi connectivity index (χ2n) is 7.61. The Balaban J connectivity index is 1.35. The first-order valence-corrected chi connectivity index (χ1v) is 10.9. The van der Waals surface area contributed by atoms with E-state index in [4.69, 9.17) is 16.3 Å². The third-order valence-electron chi connectivity index (χ3n) is 5.52. The average Bonchev–Trinajstić information content (AvgIpc) is 2.79. The van der Waals surface area contributed by atoms with Crippen molar-refractivity contribution < 1.29 is 9.53 Å². The molecular formula is C22H28ClN5O2. The van der Waals surface area contributed by atoms with Crippen LogP contribution in [-0.4, -0.2) is 50.4 Å². The van der Waals surface area contributed by atoms with Crippen LogP contribution in [0.3, 0.4) is 0 Å². The second kappa shape index (κ2) is 10.00. The molecule has 3 heterocycles. The van der Waals surface area contributed by atoms with Gasteiger partial charge in [0, 0.05) is 50.2 Å². The monoisotopic (exact) mass is 429 g/mol. The zero-order valence-electron chi connectivity index (χ0n) is 17.1. The highest BCUT2D eigenvalue weighted by Crippen LogP contribution is 2.30. The number of rotatable bonds is 5. The smallest absolute Gasteiger partial charge is 0.319 e. The van der Waals surface area contributed by atoms with Crippen LogP contribution in [0.25, 0.3) is 0 Å². The van der Waals surface area contributed by atoms with E-state index in [1.165, 1.54) is 19.3 Å². The summed E-state index contributed by atoms with van der Waals surface area (Å²) in [6, 6.07) is 9.31. The van der Waals surface area contributed by atoms with E-state index in [-0.39, 0.29) is 6.03 Å². The number of morpholine rings is 1. The lowest BCUT2D eigenvalue weighted by atomic mass is 10.1. The van der Waals surface area contributed by atoms with Gasteiger partial charge in [-0.2, -0.15) is 0 Å². The molecule has 1 aromatic carbocycles. The Bertz CT molecular complexity index is 866. The lowest BCUT2D eigenvalue weighted by Crippen LogP contribution is -2.38. The molecule has 160 valence electrons. The summed E-state index contributed by atoms with van der Waals surface area (Å²) in [7, 11) is 0. The minimum absolute atomic E-state index is 0.270. The Morgan fingerprint density at radius 1 is 1.07 bits per heavy atom. The molecule has 8 heteroatoms. The summed E-state index contributed by atoms with van der Waals surface area (Å²) in [5, 5.41) is 6.46. The Morgan fingerprint density at radius 3 is 2.63 bits per heavy atom. The van der Waals surface area contributed by atoms with Crippen molar-refractivity contribution in [1.82, 2.24) is 10.3 Å². The quantitative estimate of drug-likeness (QED) is 0.754. The Kier molecular flexibility index (Phi) is 6.92. The van der Waals surface area contributed by atoms with E-state index in [2.05, 4.69) is 25.4 Å². The fourth-order valence-corrected chi connectivity index (χ4v) is 4.25. The van der Waals surface area contributed by atoms with Gasteiger partial charge in [0.15, 0.2) is 0 Å². The molecule has 2 aromatic rings. The molecule has 0 bridgehead atoms. The minimum atomic E-state index is -0.270. The van der Waals surface area contributed by atoms with E-state index in [9.17, 15) is 4.79 Å². The van der Waals surface area contributed by atoms with Gasteiger partial charge in [0.05, 0.1) is 23.9 Å². The molecule has 0 unspecified atom stereocenters. The van der Waals surface area contributed by atoms with E-state index in [1.807, 2.05) is 30.3 Å². The number of nitrogens with zero attached hydrogens (tertiary/aromatic N) is 3. The summed E-state index contributed by atoms with van der Waals surface area (Å²) in [6.45, 7) is 5.45. The molecule has 30 heavy (non-hydrogen) atoms. The van der Waals surface area contributed by atoms with E-state index in [0.29, 0.717) is 30.5 Å². The predicted molar refractivity (Wildman–Crippen MR) is 121 cm³/mol. The zero-order valence-corrected chi connectivity index (χ0v) is 17.8. The summed E-state index contributed by atoms with van der Waals surface area (Å²) >= 11 is 6.49. The first kappa shape index (κ1) is 20.8. The molecule has 2 amide bonds. The maximum Gasteiger partial charge on any atom is 0.319 e. The molecule has 0 spiro atoms. The van der Waals surface area contributed by atoms with E-state index in [0.717, 1.165) is 43.2 Å². The molecule has 1 aromatic heterocycles. The topological polar surface area (TPSA) is 69.7 Å². The molecule has 2 saturated heterocycles. The van der Waals surface area contributed by atoms with Gasteiger partial charge in [0.1, 0.15) is 5.82 Å². The predicted octanol–water partition coefficient (Wildman–Crippen LogP) is 3.88. The Morgan fingerprint density at radius 2 is 1.87 bits per heavy atom. The molecule has 0 aliphatic carbocycles. The molecule has 2 aliphatic rings. The summed E-state index contributed by atoms with van der Waals surface area (Å²) in [4.78, 5) is 21.5. The molecule has 2 fully saturated rings. The van der Waals surface area contributed by atoms with Crippen LogP contribution in [0.4, 0.5) is 22.0 Å². The van der Waals surface area contributed by atoms with Crippen molar-refractivity contribution in [2.75, 3.05) is 54.5 Å². The number of halogens is 1. The summed E-state index contributed by atoms with van der Waals surface area (Å²) in [5.74, 6) is 0.898. The van der Waals surface area contributed by atoms with Gasteiger partial charge in [0.25, 0.3) is 0 Å². The molecular weight excluding hydrogens is 402 g/mol. The van der Waals surface area contributed by atoms with Gasteiger partial charge in [-0.1, -0.05) is 17.7 Å². The number of benzene rings is 1. The Hall–Kier alpha value is -2.51. The van der Waals surface area contributed by atoms with Crippen LogP contribution < -0.4 is 20.4 Å². The van der Waals surface area contributed by atoms with Gasteiger partial charge in [-0.25, -0.2) is 9.78 Å². The number of pyridine rings is 1. The number of ether oxygens (including phenoxy) is 1. The minimum Gasteiger partial charge on any atom is -0.378 e. The van der Waals surface area contributed by atoms with Crippen LogP contribution in [0.15, 0.2) is 36.5 Å². The number of carbonyl (C=O) groups excluding carboxylic acids is 1. The van der Waals surface area contributed by atoms with E-state index < -0.39 is 0 Å². The Labute approximate surface area is 182 Å². The SMILES string of the molecule is O=C(NCc1cccnc1N1CCOCC1)Nc1ccc(N2CCCCC2)c(Cl)c1. The van der Waals surface area contributed by atoms with Crippen molar-refractivity contribution in [2.24, 2.45) is 0 Å². The van der Waals surface area contributed by atoms with Gasteiger partial charge in [-0.15, -0.1) is 0 Å². The first-order valence-electron chi connectivity index (χ1n) is 10.6. The third kappa shape index (κ3) is 5.15. The van der Waals surface area contributed by atoms with Crippen molar-refractivity contribution in [3.8, 4) is 0 Å². The van der Waals surface area contributed by atoms with Gasteiger partial charge in [-0.3, -0.25) is 0 Å². The molecule has 0 saturated carbocycles. The fraction of sp³-hybridized carbons (Fsp3) is 0.455. The average molecular weight is 430 g/mol. The number of piperidine rings is 1. The fourth-order valence-electron chi connectivity index (χ4n) is 3.95. The van der Waals surface area contributed by atoms with Gasteiger partial charge in [0.2, 0.25) is 0 Å². The number of nitrogens with one attached hydrogen (secondary N) is 2. The second-order valence-corrected chi connectivity index (χ2v) is 8.01. The van der Waals surface area contributed by atoms with Crippen LogP contribution >= 0.6 is 11.6 Å². The molecule has 0 atom stereocenters. The van der Waals surface area contributed by atoms with Crippen molar-refractivity contribution in [3.63, 3.8) is 0 Å². The standard InChI is InChI=1S/C22H28ClN5O2/c23-19-15-18(6-7-20(19)27-9-2-1-3-10-27)26-22(29)25-16-17-5-4-8-24-21(17)28-11-13-30-14-12-28/h4-8,15H,1-3,9-14,16H2,(H2,25,26,29). The van der Waals surface area contributed by atoms with Crippen LogP contribution in [0.5, 0.6) is 0 Å². The van der Waals surface area contributed by atoms with Gasteiger partial charge in [-0.05, 0) is 43.5 Å². The zero-order chi connectivity index (χ0) is 20.8. The molecule has 2 aliphatic heterocycles. The van der Waals surface area contributed by atoms with Gasteiger partial charge >= 0.3 is 6.03 Å². The first-order chi connectivity index (χ1) is 14.7. The van der Waals surface area contributed by atoms with Crippen molar-refractivity contribution >= 4 is 34.8 Å². The van der Waals surface area contributed by atoms with Crippen LogP contribution in [0.2, 0.25) is 5.02 Å². The number of urea groups is 1. The van der Waals surface area contributed by atoms with E-state index >= 15 is 0 Å². The number of aromatic nitrogens is 1. The highest BCUT2D eigenvalue weighted by Gasteiger charge is 2.17. The number of carbonyl (C=O) groups is 1. The largest absolute Gasteiger partial charge is 0.378 e. The summed E-state index contributed by atoms with van der Waals surface area (Å²) in [5.41, 5.74) is 2.69. The van der Waals surface area contributed by atoms with Crippen LogP contribution in [0, 0.1) is 0 Å². The van der Waals surface area contributed by atoms with Crippen molar-refractivity contribution in [3.05, 3.63) is 47.1 Å². The highest BCUT2D eigenvalue weighted by molar-refractivity contribution is 6.33. The van der Waals surface area contributed by atoms with Crippen LogP contribution in [-0.2, 0) is 11.3 Å². The molecule has 2 N–H and O–H groups in total. The maximum absolute atomic E-state index is 12.4. The number of hydrogen-bond donors (Lipinski definition) is 2. The van der Waals surface area contributed by atoms with E-state index in [1.54, 1.807) is 6.20 Å². The lowest BCUT2D eigenvalue weighted by Gasteiger charge is -2.29. The number of anilines is 3. The third-order valence-corrected chi connectivity index (χ3v) is 5.82. The molecule has 0 radical (unpaired) electrons. The molecule has 4 rings (SSSR count). The van der Waals surface area contributed by atoms with Crippen LogP contribution in [0.1, 0.15) is 24.8 Å². The summed E-state index contributed by atoms with van der Waals surface area (Å²) in [6.07, 6.45) is 5.44. The normalized spacial score (nSPS) is 17.0. The maximum atomic E-state index is 12.4. The van der Waals surface area contributed by atoms with Crippen molar-refractivity contribution in [2.45, 2.75) is 25.8 Å². The molecule has 7 nitrogen and oxygen atoms in total. The number of hydrogen-bond acceptors (Lipinski definition) is 5.